The molecule has 1 unspecified atom stereocenters. The van der Waals surface area contributed by atoms with E-state index < -0.39 is 10.5 Å². The van der Waals surface area contributed by atoms with Crippen LogP contribution < -0.4 is 9.47 Å². The van der Waals surface area contributed by atoms with Gasteiger partial charge in [0.15, 0.2) is 11.5 Å². The van der Waals surface area contributed by atoms with E-state index in [1.807, 2.05) is 25.1 Å². The molecular weight excluding hydrogens is 290 g/mol. The van der Waals surface area contributed by atoms with Crippen molar-refractivity contribution >= 4 is 10.5 Å². The van der Waals surface area contributed by atoms with Gasteiger partial charge in [-0.2, -0.15) is 12.8 Å². The summed E-state index contributed by atoms with van der Waals surface area (Å²) in [7, 11) is -0.809. The van der Waals surface area contributed by atoms with E-state index in [0.717, 1.165) is 18.4 Å². The fraction of sp³-hybridized carbons (Fsp3) is 0.600. The first-order chi connectivity index (χ1) is 10.1. The predicted octanol–water partition coefficient (Wildman–Crippen LogP) is 3.53. The van der Waals surface area contributed by atoms with Crippen molar-refractivity contribution in [1.29, 1.82) is 0 Å². The van der Waals surface area contributed by atoms with Crippen LogP contribution in [0.4, 0.5) is 0 Å². The van der Waals surface area contributed by atoms with E-state index in [1.165, 1.54) is 12.8 Å². The maximum atomic E-state index is 10.8. The van der Waals surface area contributed by atoms with Crippen molar-refractivity contribution in [3.05, 3.63) is 23.8 Å². The Kier molecular flexibility index (Phi) is 5.61. The molecule has 5 nitrogen and oxygen atoms in total. The maximum Gasteiger partial charge on any atom is 0.311 e. The number of benzene rings is 1. The number of hydrogen-bond acceptors (Lipinski definition) is 5. The van der Waals surface area contributed by atoms with E-state index in [2.05, 4.69) is 4.36 Å². The van der Waals surface area contributed by atoms with Crippen LogP contribution in [0, 0.1) is 0 Å². The molecule has 0 amide bonds. The molecule has 0 aromatic heterocycles. The van der Waals surface area contributed by atoms with Crippen LogP contribution in [-0.4, -0.2) is 21.6 Å². The Bertz CT molecular complexity index is 598. The Morgan fingerprint density at radius 1 is 1.29 bits per heavy atom. The fourth-order valence-electron chi connectivity index (χ4n) is 2.65. The Hall–Kier alpha value is -1.56. The summed E-state index contributed by atoms with van der Waals surface area (Å²) in [6.07, 6.45) is 5.32. The van der Waals surface area contributed by atoms with Crippen molar-refractivity contribution in [3.63, 3.8) is 0 Å². The topological polar surface area (TPSA) is 65.0 Å². The zero-order valence-corrected chi connectivity index (χ0v) is 13.2. The molecule has 21 heavy (non-hydrogen) atoms. The number of rotatable bonds is 6. The summed E-state index contributed by atoms with van der Waals surface area (Å²) >= 11 is 0. The second-order valence-electron chi connectivity index (χ2n) is 5.18. The average Bonchev–Trinajstić information content (AvgIpc) is 2.97. The molecule has 0 saturated heterocycles. The Morgan fingerprint density at radius 2 is 2.00 bits per heavy atom. The van der Waals surface area contributed by atoms with Crippen molar-refractivity contribution < 1.29 is 17.9 Å². The molecule has 1 saturated carbocycles. The molecule has 0 bridgehead atoms. The number of nitrogens with zero attached hydrogens (tertiary/aromatic N) is 1. The molecule has 1 fully saturated rings. The SMILES string of the molecule is CCC(N=S(=O)=O)c1ccc(OC)c(OC2CCCC2)c1. The highest BCUT2D eigenvalue weighted by Gasteiger charge is 2.19. The maximum absolute atomic E-state index is 10.8. The summed E-state index contributed by atoms with van der Waals surface area (Å²) in [4.78, 5) is 0. The summed E-state index contributed by atoms with van der Waals surface area (Å²) in [5.74, 6) is 1.34. The standard InChI is InChI=1S/C15H21NO4S/c1-3-13(16-21(17)18)11-8-9-14(19-2)15(10-11)20-12-6-4-5-7-12/h8-10,12-13H,3-7H2,1-2H3. The lowest BCUT2D eigenvalue weighted by molar-refractivity contribution is 0.200. The molecule has 1 aromatic rings. The summed E-state index contributed by atoms with van der Waals surface area (Å²) in [5, 5.41) is 0. The lowest BCUT2D eigenvalue weighted by Crippen LogP contribution is -2.12. The van der Waals surface area contributed by atoms with E-state index in [9.17, 15) is 8.42 Å². The van der Waals surface area contributed by atoms with Gasteiger partial charge < -0.3 is 9.47 Å². The molecular formula is C15H21NO4S. The zero-order chi connectivity index (χ0) is 15.2. The fourth-order valence-corrected chi connectivity index (χ4v) is 3.13. The van der Waals surface area contributed by atoms with Crippen molar-refractivity contribution in [2.45, 2.75) is 51.2 Å². The van der Waals surface area contributed by atoms with Crippen LogP contribution in [0.15, 0.2) is 22.6 Å². The van der Waals surface area contributed by atoms with Crippen LogP contribution in [-0.2, 0) is 10.5 Å². The van der Waals surface area contributed by atoms with Gasteiger partial charge >= 0.3 is 10.5 Å². The number of hydrogen-bond donors (Lipinski definition) is 0. The zero-order valence-electron chi connectivity index (χ0n) is 12.4. The lowest BCUT2D eigenvalue weighted by atomic mass is 10.0. The summed E-state index contributed by atoms with van der Waals surface area (Å²) in [6, 6.07) is 5.12. The van der Waals surface area contributed by atoms with Gasteiger partial charge in [0.25, 0.3) is 0 Å². The number of methoxy groups -OCH3 is 1. The van der Waals surface area contributed by atoms with E-state index in [0.29, 0.717) is 17.9 Å². The van der Waals surface area contributed by atoms with Gasteiger partial charge in [0.2, 0.25) is 0 Å². The van der Waals surface area contributed by atoms with Crippen molar-refractivity contribution in [2.24, 2.45) is 4.36 Å². The van der Waals surface area contributed by atoms with Crippen LogP contribution >= 0.6 is 0 Å². The highest BCUT2D eigenvalue weighted by Crippen LogP contribution is 2.35. The van der Waals surface area contributed by atoms with Gasteiger partial charge in [-0.05, 0) is 49.8 Å². The minimum absolute atomic E-state index is 0.222. The summed E-state index contributed by atoms with van der Waals surface area (Å²) in [5.41, 5.74) is 0.829. The molecule has 1 aromatic carbocycles. The Balaban J connectivity index is 2.29. The smallest absolute Gasteiger partial charge is 0.311 e. The molecule has 0 radical (unpaired) electrons. The van der Waals surface area contributed by atoms with Crippen molar-refractivity contribution in [1.82, 2.24) is 0 Å². The van der Waals surface area contributed by atoms with Crippen molar-refractivity contribution in [3.8, 4) is 11.5 Å². The first-order valence-corrected chi connectivity index (χ1v) is 8.32. The van der Waals surface area contributed by atoms with Crippen LogP contribution in [0.3, 0.4) is 0 Å². The van der Waals surface area contributed by atoms with Gasteiger partial charge in [-0.1, -0.05) is 13.0 Å². The van der Waals surface area contributed by atoms with E-state index in [1.54, 1.807) is 7.11 Å². The highest BCUT2D eigenvalue weighted by molar-refractivity contribution is 7.61. The van der Waals surface area contributed by atoms with E-state index in [4.69, 9.17) is 9.47 Å². The van der Waals surface area contributed by atoms with Gasteiger partial charge in [-0.15, -0.1) is 0 Å². The largest absolute Gasteiger partial charge is 0.493 e. The van der Waals surface area contributed by atoms with Gasteiger partial charge in [-0.25, -0.2) is 0 Å². The molecule has 0 aliphatic heterocycles. The van der Waals surface area contributed by atoms with Crippen LogP contribution in [0.2, 0.25) is 0 Å². The third-order valence-electron chi connectivity index (χ3n) is 3.77. The first-order valence-electron chi connectivity index (χ1n) is 7.28. The van der Waals surface area contributed by atoms with E-state index >= 15 is 0 Å². The molecule has 1 aliphatic rings. The second-order valence-corrected chi connectivity index (χ2v) is 5.83. The molecule has 0 heterocycles. The lowest BCUT2D eigenvalue weighted by Gasteiger charge is -2.18. The Morgan fingerprint density at radius 3 is 2.57 bits per heavy atom. The normalized spacial score (nSPS) is 16.5. The molecule has 1 aliphatic carbocycles. The van der Waals surface area contributed by atoms with E-state index in [-0.39, 0.29) is 12.1 Å². The minimum atomic E-state index is -2.41. The van der Waals surface area contributed by atoms with Crippen LogP contribution in [0.25, 0.3) is 0 Å². The van der Waals surface area contributed by atoms with Gasteiger partial charge in [0.05, 0.1) is 19.3 Å². The quantitative estimate of drug-likeness (QED) is 0.806. The average molecular weight is 311 g/mol. The third kappa shape index (κ3) is 4.20. The summed E-state index contributed by atoms with van der Waals surface area (Å²) < 4.78 is 36.7. The molecule has 2 rings (SSSR count). The molecule has 0 N–H and O–H groups in total. The third-order valence-corrected chi connectivity index (χ3v) is 4.19. The number of ether oxygens (including phenoxy) is 2. The molecule has 6 heteroatoms. The van der Waals surface area contributed by atoms with Crippen LogP contribution in [0.5, 0.6) is 11.5 Å². The van der Waals surface area contributed by atoms with Gasteiger partial charge in [0.1, 0.15) is 0 Å². The monoisotopic (exact) mass is 311 g/mol. The summed E-state index contributed by atoms with van der Waals surface area (Å²) in [6.45, 7) is 1.91. The highest BCUT2D eigenvalue weighted by atomic mass is 32.2. The van der Waals surface area contributed by atoms with Gasteiger partial charge in [0, 0.05) is 0 Å². The minimum Gasteiger partial charge on any atom is -0.493 e. The molecule has 1 atom stereocenters. The molecule has 116 valence electrons. The first kappa shape index (κ1) is 15.8. The van der Waals surface area contributed by atoms with Crippen LogP contribution in [0.1, 0.15) is 50.6 Å². The second kappa shape index (κ2) is 7.45. The van der Waals surface area contributed by atoms with Gasteiger partial charge in [-0.3, -0.25) is 0 Å². The predicted molar refractivity (Wildman–Crippen MR) is 80.3 cm³/mol. The Labute approximate surface area is 127 Å². The molecule has 0 spiro atoms. The van der Waals surface area contributed by atoms with Crippen molar-refractivity contribution in [2.75, 3.05) is 7.11 Å².